The topological polar surface area (TPSA) is 55.1 Å². The van der Waals surface area contributed by atoms with Gasteiger partial charge in [0.2, 0.25) is 5.91 Å². The fraction of sp³-hybridized carbons (Fsp3) is 0.588. The maximum atomic E-state index is 12.6. The molecular weight excluding hydrogens is 248 g/mol. The van der Waals surface area contributed by atoms with E-state index in [-0.39, 0.29) is 17.4 Å². The highest BCUT2D eigenvalue weighted by molar-refractivity contribution is 5.83. The summed E-state index contributed by atoms with van der Waals surface area (Å²) >= 11 is 0. The van der Waals surface area contributed by atoms with Gasteiger partial charge in [-0.05, 0) is 44.7 Å². The van der Waals surface area contributed by atoms with Gasteiger partial charge in [0.15, 0.2) is 0 Å². The quantitative estimate of drug-likeness (QED) is 0.886. The van der Waals surface area contributed by atoms with Crippen molar-refractivity contribution >= 4 is 5.91 Å². The zero-order valence-corrected chi connectivity index (χ0v) is 12.8. The molecule has 0 heterocycles. The first-order chi connectivity index (χ1) is 9.48. The van der Waals surface area contributed by atoms with Crippen LogP contribution in [0, 0.1) is 19.3 Å². The van der Waals surface area contributed by atoms with Gasteiger partial charge < -0.3 is 11.1 Å². The number of aryl methyl sites for hydroxylation is 2. The Morgan fingerprint density at radius 1 is 1.35 bits per heavy atom. The maximum absolute atomic E-state index is 12.6. The molecular formula is C17H26N2O. The number of rotatable bonds is 4. The van der Waals surface area contributed by atoms with Gasteiger partial charge in [-0.25, -0.2) is 0 Å². The first-order valence-electron chi connectivity index (χ1n) is 7.57. The summed E-state index contributed by atoms with van der Waals surface area (Å²) in [5.74, 6) is 0.130. The average molecular weight is 274 g/mol. The van der Waals surface area contributed by atoms with E-state index in [9.17, 15) is 4.79 Å². The van der Waals surface area contributed by atoms with Crippen LogP contribution >= 0.6 is 0 Å². The number of nitrogens with one attached hydrogen (secondary N) is 1. The van der Waals surface area contributed by atoms with Gasteiger partial charge >= 0.3 is 0 Å². The van der Waals surface area contributed by atoms with Crippen LogP contribution in [-0.4, -0.2) is 12.5 Å². The fourth-order valence-electron chi connectivity index (χ4n) is 3.31. The van der Waals surface area contributed by atoms with Gasteiger partial charge in [0.25, 0.3) is 0 Å². The van der Waals surface area contributed by atoms with Gasteiger partial charge in [-0.2, -0.15) is 0 Å². The summed E-state index contributed by atoms with van der Waals surface area (Å²) in [6.07, 6.45) is 4.08. The number of nitrogens with two attached hydrogens (primary N) is 1. The Kier molecular flexibility index (Phi) is 4.48. The summed E-state index contributed by atoms with van der Waals surface area (Å²) < 4.78 is 0. The number of benzene rings is 1. The Bertz CT molecular complexity index is 490. The van der Waals surface area contributed by atoms with E-state index < -0.39 is 0 Å². The van der Waals surface area contributed by atoms with Gasteiger partial charge in [0.05, 0.1) is 11.5 Å². The van der Waals surface area contributed by atoms with Crippen molar-refractivity contribution in [1.82, 2.24) is 5.32 Å². The lowest BCUT2D eigenvalue weighted by Gasteiger charge is -2.28. The molecule has 1 aliphatic rings. The minimum absolute atomic E-state index is 0.0344. The fourth-order valence-corrected chi connectivity index (χ4v) is 3.31. The molecule has 1 amide bonds. The van der Waals surface area contributed by atoms with Crippen LogP contribution in [0.15, 0.2) is 18.2 Å². The normalized spacial score (nSPS) is 18.8. The largest absolute Gasteiger partial charge is 0.349 e. The van der Waals surface area contributed by atoms with E-state index in [2.05, 4.69) is 44.3 Å². The molecule has 3 N–H and O–H groups in total. The van der Waals surface area contributed by atoms with E-state index >= 15 is 0 Å². The van der Waals surface area contributed by atoms with Gasteiger partial charge in [0.1, 0.15) is 0 Å². The number of hydrogen-bond donors (Lipinski definition) is 2. The first kappa shape index (κ1) is 15.0. The van der Waals surface area contributed by atoms with Crippen LogP contribution in [-0.2, 0) is 4.79 Å². The molecule has 1 aliphatic carbocycles. The molecule has 3 nitrogen and oxygen atoms in total. The second kappa shape index (κ2) is 5.96. The van der Waals surface area contributed by atoms with Gasteiger partial charge in [-0.1, -0.05) is 36.6 Å². The van der Waals surface area contributed by atoms with Crippen LogP contribution < -0.4 is 11.1 Å². The van der Waals surface area contributed by atoms with Crippen molar-refractivity contribution < 1.29 is 4.79 Å². The summed E-state index contributed by atoms with van der Waals surface area (Å²) in [4.78, 5) is 12.6. The summed E-state index contributed by atoms with van der Waals surface area (Å²) in [6.45, 7) is 6.69. The van der Waals surface area contributed by atoms with Crippen molar-refractivity contribution in [3.63, 3.8) is 0 Å². The Morgan fingerprint density at radius 3 is 2.55 bits per heavy atom. The van der Waals surface area contributed by atoms with Crippen LogP contribution in [0.25, 0.3) is 0 Å². The molecule has 0 saturated heterocycles. The minimum Gasteiger partial charge on any atom is -0.349 e. The van der Waals surface area contributed by atoms with Crippen LogP contribution in [0.3, 0.4) is 0 Å². The van der Waals surface area contributed by atoms with Gasteiger partial charge in [-0.3, -0.25) is 4.79 Å². The third-order valence-corrected chi connectivity index (χ3v) is 4.67. The third kappa shape index (κ3) is 2.88. The molecule has 1 unspecified atom stereocenters. The molecule has 1 aromatic rings. The van der Waals surface area contributed by atoms with Crippen molar-refractivity contribution in [3.8, 4) is 0 Å². The predicted molar refractivity (Wildman–Crippen MR) is 82.4 cm³/mol. The molecule has 0 spiro atoms. The lowest BCUT2D eigenvalue weighted by Crippen LogP contribution is -2.45. The average Bonchev–Trinajstić information content (AvgIpc) is 2.88. The van der Waals surface area contributed by atoms with Crippen molar-refractivity contribution in [2.24, 2.45) is 11.1 Å². The number of carbonyl (C=O) groups is 1. The zero-order valence-electron chi connectivity index (χ0n) is 12.8. The predicted octanol–water partition coefficient (Wildman–Crippen LogP) is 3.00. The van der Waals surface area contributed by atoms with Crippen LogP contribution in [0.2, 0.25) is 0 Å². The highest BCUT2D eigenvalue weighted by atomic mass is 16.2. The van der Waals surface area contributed by atoms with Gasteiger partial charge in [0, 0.05) is 6.54 Å². The third-order valence-electron chi connectivity index (χ3n) is 4.67. The lowest BCUT2D eigenvalue weighted by atomic mass is 9.84. The SMILES string of the molecule is Cc1ccc(C(C)NC(=O)C2(CN)CCCC2)c(C)c1. The second-order valence-electron chi connectivity index (χ2n) is 6.25. The minimum atomic E-state index is -0.327. The van der Waals surface area contributed by atoms with E-state index in [1.807, 2.05) is 0 Å². The molecule has 0 bridgehead atoms. The Morgan fingerprint density at radius 2 is 2.00 bits per heavy atom. The maximum Gasteiger partial charge on any atom is 0.227 e. The standard InChI is InChI=1S/C17H26N2O/c1-12-6-7-15(13(2)10-12)14(3)19-16(20)17(11-18)8-4-5-9-17/h6-7,10,14H,4-5,8-9,11,18H2,1-3H3,(H,19,20). The Hall–Kier alpha value is -1.35. The van der Waals surface area contributed by atoms with Crippen LogP contribution in [0.4, 0.5) is 0 Å². The Labute approximate surface area is 121 Å². The van der Waals surface area contributed by atoms with Crippen molar-refractivity contribution in [3.05, 3.63) is 34.9 Å². The highest BCUT2D eigenvalue weighted by Gasteiger charge is 2.40. The smallest absolute Gasteiger partial charge is 0.227 e. The number of hydrogen-bond acceptors (Lipinski definition) is 2. The summed E-state index contributed by atoms with van der Waals surface area (Å²) in [5, 5.41) is 3.17. The van der Waals surface area contributed by atoms with E-state index in [0.717, 1.165) is 25.7 Å². The molecule has 0 aromatic heterocycles. The molecule has 0 radical (unpaired) electrons. The highest BCUT2D eigenvalue weighted by Crippen LogP contribution is 2.37. The molecule has 1 atom stereocenters. The van der Waals surface area contributed by atoms with E-state index in [1.165, 1.54) is 16.7 Å². The summed E-state index contributed by atoms with van der Waals surface area (Å²) in [5.41, 5.74) is 9.21. The van der Waals surface area contributed by atoms with Crippen molar-refractivity contribution in [2.75, 3.05) is 6.54 Å². The first-order valence-corrected chi connectivity index (χ1v) is 7.57. The monoisotopic (exact) mass is 274 g/mol. The molecule has 1 fully saturated rings. The lowest BCUT2D eigenvalue weighted by molar-refractivity contribution is -0.131. The molecule has 1 aromatic carbocycles. The van der Waals surface area contributed by atoms with Crippen molar-refractivity contribution in [1.29, 1.82) is 0 Å². The summed E-state index contributed by atoms with van der Waals surface area (Å²) in [7, 11) is 0. The second-order valence-corrected chi connectivity index (χ2v) is 6.25. The van der Waals surface area contributed by atoms with E-state index in [0.29, 0.717) is 6.54 Å². The Balaban J connectivity index is 2.10. The van der Waals surface area contributed by atoms with Gasteiger partial charge in [-0.15, -0.1) is 0 Å². The number of amides is 1. The summed E-state index contributed by atoms with van der Waals surface area (Å²) in [6, 6.07) is 6.40. The molecule has 2 rings (SSSR count). The van der Waals surface area contributed by atoms with Crippen molar-refractivity contribution in [2.45, 2.75) is 52.5 Å². The van der Waals surface area contributed by atoms with E-state index in [4.69, 9.17) is 5.73 Å². The number of carbonyl (C=O) groups excluding carboxylic acids is 1. The molecule has 3 heteroatoms. The molecule has 1 saturated carbocycles. The van der Waals surface area contributed by atoms with Crippen LogP contribution in [0.1, 0.15) is 55.3 Å². The van der Waals surface area contributed by atoms with Crippen LogP contribution in [0.5, 0.6) is 0 Å². The molecule has 110 valence electrons. The zero-order chi connectivity index (χ0) is 14.8. The molecule has 0 aliphatic heterocycles. The molecule has 20 heavy (non-hydrogen) atoms. The van der Waals surface area contributed by atoms with E-state index in [1.54, 1.807) is 0 Å².